The molecule has 6 aromatic carbocycles. The SMILES string of the molecule is OB(c1ccc2c(c1)c1ccccc1n2-c1ccccc1)c1ccc2c(c1)c1ccccc1n2-c1ccccc1. The number of hydrogen-bond donors (Lipinski definition) is 1. The number of nitrogens with zero attached hydrogens (tertiary/aromatic N) is 2. The minimum absolute atomic E-state index is 0.744. The van der Waals surface area contributed by atoms with Gasteiger partial charge in [-0.25, -0.2) is 0 Å². The maximum Gasteiger partial charge on any atom is 0.358 e. The Kier molecular flexibility index (Phi) is 5.16. The summed E-state index contributed by atoms with van der Waals surface area (Å²) in [5.41, 5.74) is 8.60. The maximum atomic E-state index is 11.7. The van der Waals surface area contributed by atoms with Crippen LogP contribution in [0.3, 0.4) is 0 Å². The first kappa shape index (κ1) is 22.9. The van der Waals surface area contributed by atoms with Crippen LogP contribution in [0.2, 0.25) is 0 Å². The Hall–Kier alpha value is -5.06. The summed E-state index contributed by atoms with van der Waals surface area (Å²) in [6, 6.07) is 50.6. The lowest BCUT2D eigenvalue weighted by Crippen LogP contribution is -2.42. The second-order valence-corrected chi connectivity index (χ2v) is 10.3. The van der Waals surface area contributed by atoms with Gasteiger partial charge >= 0.3 is 6.92 Å². The summed E-state index contributed by atoms with van der Waals surface area (Å²) in [7, 11) is 0. The van der Waals surface area contributed by atoms with Crippen molar-refractivity contribution in [1.82, 2.24) is 9.13 Å². The molecule has 0 unspecified atom stereocenters. The average Bonchev–Trinajstić information content (AvgIpc) is 3.54. The number of hydrogen-bond acceptors (Lipinski definition) is 1. The van der Waals surface area contributed by atoms with E-state index in [0.29, 0.717) is 0 Å². The molecule has 4 heteroatoms. The minimum atomic E-state index is -0.744. The molecule has 3 nitrogen and oxygen atoms in total. The topological polar surface area (TPSA) is 30.1 Å². The molecule has 0 bridgehead atoms. The van der Waals surface area contributed by atoms with E-state index in [0.717, 1.165) is 55.1 Å². The van der Waals surface area contributed by atoms with Crippen molar-refractivity contribution in [3.63, 3.8) is 0 Å². The molecule has 2 heterocycles. The second kappa shape index (κ2) is 9.01. The van der Waals surface area contributed by atoms with Gasteiger partial charge < -0.3 is 14.2 Å². The van der Waals surface area contributed by atoms with Crippen LogP contribution in [-0.4, -0.2) is 21.1 Å². The van der Waals surface area contributed by atoms with Gasteiger partial charge in [0, 0.05) is 32.9 Å². The number of fused-ring (bicyclic) bond motifs is 6. The van der Waals surface area contributed by atoms with Gasteiger partial charge in [-0.1, -0.05) is 97.1 Å². The van der Waals surface area contributed by atoms with Crippen LogP contribution in [0.25, 0.3) is 55.0 Å². The summed E-state index contributed by atoms with van der Waals surface area (Å²) in [5, 5.41) is 16.3. The predicted molar refractivity (Wildman–Crippen MR) is 169 cm³/mol. The molecule has 0 aliphatic heterocycles. The minimum Gasteiger partial charge on any atom is -0.443 e. The van der Waals surface area contributed by atoms with Crippen molar-refractivity contribution in [2.45, 2.75) is 0 Å². The first-order valence-electron chi connectivity index (χ1n) is 13.6. The summed E-state index contributed by atoms with van der Waals surface area (Å²) < 4.78 is 4.59. The van der Waals surface area contributed by atoms with Gasteiger partial charge in [-0.2, -0.15) is 0 Å². The summed E-state index contributed by atoms with van der Waals surface area (Å²) in [6.45, 7) is -0.744. The molecule has 188 valence electrons. The van der Waals surface area contributed by atoms with Crippen LogP contribution in [0, 0.1) is 0 Å². The molecule has 0 radical (unpaired) electrons. The second-order valence-electron chi connectivity index (χ2n) is 10.3. The quantitative estimate of drug-likeness (QED) is 0.254. The van der Waals surface area contributed by atoms with Gasteiger partial charge in [0.1, 0.15) is 0 Å². The Morgan fingerprint density at radius 2 is 0.750 bits per heavy atom. The van der Waals surface area contributed by atoms with Gasteiger partial charge in [0.15, 0.2) is 0 Å². The van der Waals surface area contributed by atoms with Gasteiger partial charge in [-0.3, -0.25) is 0 Å². The molecule has 2 aromatic heterocycles. The van der Waals surface area contributed by atoms with E-state index >= 15 is 0 Å². The smallest absolute Gasteiger partial charge is 0.358 e. The first-order valence-corrected chi connectivity index (χ1v) is 13.6. The average molecular weight is 512 g/mol. The summed E-state index contributed by atoms with van der Waals surface area (Å²) in [5.74, 6) is 0. The summed E-state index contributed by atoms with van der Waals surface area (Å²) in [4.78, 5) is 0. The molecule has 0 saturated heterocycles. The van der Waals surface area contributed by atoms with Gasteiger partial charge in [0.25, 0.3) is 0 Å². The Morgan fingerprint density at radius 3 is 1.20 bits per heavy atom. The van der Waals surface area contributed by atoms with E-state index in [2.05, 4.69) is 143 Å². The highest BCUT2D eigenvalue weighted by Crippen LogP contribution is 2.33. The molecule has 40 heavy (non-hydrogen) atoms. The van der Waals surface area contributed by atoms with Gasteiger partial charge in [-0.15, -0.1) is 0 Å². The zero-order valence-corrected chi connectivity index (χ0v) is 21.8. The van der Waals surface area contributed by atoms with Crippen LogP contribution in [0.1, 0.15) is 0 Å². The lowest BCUT2D eigenvalue weighted by atomic mass is 9.55. The monoisotopic (exact) mass is 512 g/mol. The van der Waals surface area contributed by atoms with Gasteiger partial charge in [-0.05, 0) is 59.5 Å². The highest BCUT2D eigenvalue weighted by Gasteiger charge is 2.22. The van der Waals surface area contributed by atoms with E-state index in [1.54, 1.807) is 0 Å². The number of rotatable bonds is 4. The molecule has 0 aliphatic carbocycles. The van der Waals surface area contributed by atoms with E-state index in [1.165, 1.54) is 10.8 Å². The Bertz CT molecular complexity index is 2020. The van der Waals surface area contributed by atoms with Crippen LogP contribution in [0.5, 0.6) is 0 Å². The Balaban J connectivity index is 1.29. The Morgan fingerprint density at radius 1 is 0.375 bits per heavy atom. The third-order valence-corrected chi connectivity index (χ3v) is 8.05. The van der Waals surface area contributed by atoms with E-state index in [9.17, 15) is 5.02 Å². The van der Waals surface area contributed by atoms with Crippen molar-refractivity contribution in [1.29, 1.82) is 0 Å². The van der Waals surface area contributed by atoms with Crippen molar-refractivity contribution >= 4 is 61.5 Å². The highest BCUT2D eigenvalue weighted by atomic mass is 16.2. The highest BCUT2D eigenvalue weighted by molar-refractivity contribution is 6.79. The van der Waals surface area contributed by atoms with Gasteiger partial charge in [0.2, 0.25) is 0 Å². The molecule has 8 rings (SSSR count). The lowest BCUT2D eigenvalue weighted by Gasteiger charge is -2.11. The molecule has 0 fully saturated rings. The number of para-hydroxylation sites is 4. The molecule has 0 saturated carbocycles. The summed E-state index contributed by atoms with van der Waals surface area (Å²) >= 11 is 0. The van der Waals surface area contributed by atoms with Crippen molar-refractivity contribution in [3.05, 3.63) is 146 Å². The van der Waals surface area contributed by atoms with E-state index in [-0.39, 0.29) is 0 Å². The Labute approximate surface area is 232 Å². The van der Waals surface area contributed by atoms with Crippen molar-refractivity contribution in [2.24, 2.45) is 0 Å². The largest absolute Gasteiger partial charge is 0.443 e. The van der Waals surface area contributed by atoms with Crippen molar-refractivity contribution < 1.29 is 5.02 Å². The molecule has 0 aliphatic rings. The van der Waals surface area contributed by atoms with Crippen LogP contribution < -0.4 is 10.9 Å². The normalized spacial score (nSPS) is 11.6. The fourth-order valence-electron chi connectivity index (χ4n) is 6.22. The fraction of sp³-hybridized carbons (Fsp3) is 0. The number of benzene rings is 6. The van der Waals surface area contributed by atoms with Crippen molar-refractivity contribution in [3.8, 4) is 11.4 Å². The van der Waals surface area contributed by atoms with E-state index in [1.807, 2.05) is 12.1 Å². The first-order chi connectivity index (χ1) is 19.8. The van der Waals surface area contributed by atoms with Gasteiger partial charge in [0.05, 0.1) is 22.1 Å². The molecular weight excluding hydrogens is 487 g/mol. The van der Waals surface area contributed by atoms with Crippen LogP contribution in [-0.2, 0) is 0 Å². The third kappa shape index (κ3) is 3.43. The zero-order valence-electron chi connectivity index (χ0n) is 21.8. The lowest BCUT2D eigenvalue weighted by molar-refractivity contribution is 0.600. The summed E-state index contributed by atoms with van der Waals surface area (Å²) in [6.07, 6.45) is 0. The molecule has 0 amide bonds. The van der Waals surface area contributed by atoms with Crippen LogP contribution in [0.4, 0.5) is 0 Å². The van der Waals surface area contributed by atoms with E-state index < -0.39 is 6.92 Å². The standard InChI is InChI=1S/C36H25BN2O/c40-37(25-19-21-35-31(23-25)29-15-7-9-17-33(29)38(35)27-11-3-1-4-12-27)26-20-22-36-32(24-26)30-16-8-10-18-34(30)39(36)28-13-5-2-6-14-28/h1-24,40H. The van der Waals surface area contributed by atoms with Crippen LogP contribution in [0.15, 0.2) is 146 Å². The molecule has 0 spiro atoms. The molecule has 1 N–H and O–H groups in total. The maximum absolute atomic E-state index is 11.7. The molecule has 8 aromatic rings. The van der Waals surface area contributed by atoms with Crippen molar-refractivity contribution in [2.75, 3.05) is 0 Å². The predicted octanol–water partition coefficient (Wildman–Crippen LogP) is 6.98. The van der Waals surface area contributed by atoms with E-state index in [4.69, 9.17) is 0 Å². The molecular formula is C36H25BN2O. The zero-order chi connectivity index (χ0) is 26.6. The number of aromatic nitrogens is 2. The van der Waals surface area contributed by atoms with Crippen LogP contribution >= 0.6 is 0 Å². The fourth-order valence-corrected chi connectivity index (χ4v) is 6.22. The third-order valence-electron chi connectivity index (χ3n) is 8.05. The molecule has 0 atom stereocenters.